The first-order chi connectivity index (χ1) is 20.5. The molecule has 4 aromatic rings. The normalized spacial score (nSPS) is 17.7. The fraction of sp³-hybridized carbons (Fsp3) is 0.308. The zero-order chi connectivity index (χ0) is 29.3. The van der Waals surface area contributed by atoms with Crippen molar-refractivity contribution in [3.63, 3.8) is 0 Å². The minimum absolute atomic E-state index is 0.0579. The summed E-state index contributed by atoms with van der Waals surface area (Å²) in [4.78, 5) is 12.6. The molecule has 1 aliphatic rings. The van der Waals surface area contributed by atoms with Crippen LogP contribution in [0.3, 0.4) is 0 Å². The van der Waals surface area contributed by atoms with E-state index >= 15 is 0 Å². The Kier molecular flexibility index (Phi) is 10.0. The van der Waals surface area contributed by atoms with Crippen molar-refractivity contribution in [2.45, 2.75) is 70.8 Å². The van der Waals surface area contributed by atoms with Gasteiger partial charge in [-0.3, -0.25) is 0 Å². The number of carbonyl (C=O) groups excluding carboxylic acids is 1. The fourth-order valence-electron chi connectivity index (χ4n) is 6.01. The fourth-order valence-corrected chi connectivity index (χ4v) is 6.01. The molecule has 5 rings (SSSR count). The van der Waals surface area contributed by atoms with Crippen molar-refractivity contribution < 1.29 is 13.9 Å². The number of carbonyl (C=O) groups is 1. The molecule has 42 heavy (non-hydrogen) atoms. The molecule has 0 radical (unpaired) electrons. The molecule has 1 atom stereocenters. The molecule has 0 N–H and O–H groups in total. The van der Waals surface area contributed by atoms with Crippen LogP contribution in [0, 0.1) is 11.7 Å². The van der Waals surface area contributed by atoms with Crippen molar-refractivity contribution in [2.75, 3.05) is 0 Å². The number of ether oxygens (including phenoxy) is 1. The highest BCUT2D eigenvalue weighted by atomic mass is 19.1. The lowest BCUT2D eigenvalue weighted by molar-refractivity contribution is 0.0161. The van der Waals surface area contributed by atoms with Gasteiger partial charge >= 0.3 is 5.97 Å². The highest BCUT2D eigenvalue weighted by molar-refractivity contribution is 5.90. The van der Waals surface area contributed by atoms with Gasteiger partial charge in [-0.25, -0.2) is 9.18 Å². The molecular formula is C39H41FO2. The highest BCUT2D eigenvalue weighted by Crippen LogP contribution is 2.30. The maximum Gasteiger partial charge on any atom is 0.338 e. The molecular weight excluding hydrogens is 519 g/mol. The van der Waals surface area contributed by atoms with E-state index in [4.69, 9.17) is 4.74 Å². The summed E-state index contributed by atoms with van der Waals surface area (Å²) >= 11 is 0. The first-order valence-corrected chi connectivity index (χ1v) is 15.4. The lowest BCUT2D eigenvalue weighted by Gasteiger charge is -2.28. The zero-order valence-corrected chi connectivity index (χ0v) is 24.8. The Hall–Kier alpha value is -3.98. The van der Waals surface area contributed by atoms with Gasteiger partial charge in [-0.05, 0) is 83.9 Å². The Balaban J connectivity index is 1.15. The monoisotopic (exact) mass is 560 g/mol. The van der Waals surface area contributed by atoms with Crippen LogP contribution in [0.25, 0.3) is 23.3 Å². The van der Waals surface area contributed by atoms with Gasteiger partial charge in [0.2, 0.25) is 0 Å². The Morgan fingerprint density at radius 1 is 0.857 bits per heavy atom. The summed E-state index contributed by atoms with van der Waals surface area (Å²) in [5.41, 5.74) is 6.69. The molecule has 4 aromatic carbocycles. The minimum Gasteiger partial charge on any atom is -0.459 e. The summed E-state index contributed by atoms with van der Waals surface area (Å²) in [5.74, 6) is 0.358. The van der Waals surface area contributed by atoms with Crippen LogP contribution < -0.4 is 0 Å². The van der Waals surface area contributed by atoms with Crippen molar-refractivity contribution in [1.82, 2.24) is 0 Å². The van der Waals surface area contributed by atoms with Crippen LogP contribution in [0.4, 0.5) is 4.39 Å². The molecule has 1 fully saturated rings. The van der Waals surface area contributed by atoms with Crippen LogP contribution in [0.5, 0.6) is 0 Å². The van der Waals surface area contributed by atoms with Crippen molar-refractivity contribution in [3.8, 4) is 11.1 Å². The molecule has 1 aliphatic carbocycles. The lowest BCUT2D eigenvalue weighted by atomic mass is 9.85. The van der Waals surface area contributed by atoms with Crippen molar-refractivity contribution in [1.29, 1.82) is 0 Å². The second kappa shape index (κ2) is 14.3. The molecule has 0 heterocycles. The summed E-state index contributed by atoms with van der Waals surface area (Å²) < 4.78 is 20.6. The van der Waals surface area contributed by atoms with Crippen LogP contribution in [-0.4, -0.2) is 12.1 Å². The minimum atomic E-state index is -0.433. The van der Waals surface area contributed by atoms with E-state index in [0.29, 0.717) is 11.5 Å². The number of rotatable bonds is 10. The number of hydrogen-bond donors (Lipinski definition) is 0. The molecule has 0 aliphatic heterocycles. The Labute approximate surface area is 250 Å². The van der Waals surface area contributed by atoms with E-state index in [-0.39, 0.29) is 11.7 Å². The third-order valence-electron chi connectivity index (χ3n) is 8.56. The van der Waals surface area contributed by atoms with Gasteiger partial charge in [-0.2, -0.15) is 0 Å². The first-order valence-electron chi connectivity index (χ1n) is 15.4. The predicted octanol–water partition coefficient (Wildman–Crippen LogP) is 10.5. The first kappa shape index (κ1) is 29.5. The number of hydrogen-bond acceptors (Lipinski definition) is 2. The van der Waals surface area contributed by atoms with Gasteiger partial charge in [0.15, 0.2) is 0 Å². The summed E-state index contributed by atoms with van der Waals surface area (Å²) in [5, 5.41) is 0. The maximum absolute atomic E-state index is 14.9. The second-order valence-corrected chi connectivity index (χ2v) is 11.7. The SMILES string of the molecule is CCCC1CCC(OC(=O)c2ccc(C=Cc3ccc(-c4ccc(C[C@H](C)c5ccccc5)cc4)cc3)c(F)c2)CC1. The van der Waals surface area contributed by atoms with Gasteiger partial charge in [0, 0.05) is 5.56 Å². The van der Waals surface area contributed by atoms with Crippen molar-refractivity contribution in [2.24, 2.45) is 5.92 Å². The maximum atomic E-state index is 14.9. The largest absolute Gasteiger partial charge is 0.459 e. The second-order valence-electron chi connectivity index (χ2n) is 11.7. The van der Waals surface area contributed by atoms with E-state index in [1.807, 2.05) is 18.2 Å². The Bertz CT molecular complexity index is 1460. The standard InChI is InChI=1S/C39H41FO2/c1-3-7-29-15-24-37(25-16-29)42-39(41)36-23-22-35(38(40)27-36)21-12-30-10-17-33(18-11-30)34-19-13-31(14-20-34)26-28(2)32-8-5-4-6-9-32/h4-6,8-14,17-23,27-29,37H,3,7,15-16,24-26H2,1-2H3/t28-,29?,37?/m0/s1. The predicted molar refractivity (Wildman–Crippen MR) is 172 cm³/mol. The molecule has 0 amide bonds. The number of halogens is 1. The van der Waals surface area contributed by atoms with Gasteiger partial charge in [0.05, 0.1) is 5.56 Å². The topological polar surface area (TPSA) is 26.3 Å². The summed E-state index contributed by atoms with van der Waals surface area (Å²) in [6.07, 6.45) is 11.0. The molecule has 216 valence electrons. The van der Waals surface area contributed by atoms with E-state index in [2.05, 4.69) is 80.6 Å². The third-order valence-corrected chi connectivity index (χ3v) is 8.56. The number of esters is 1. The summed E-state index contributed by atoms with van der Waals surface area (Å²) in [6, 6.07) is 32.3. The molecule has 1 saturated carbocycles. The lowest BCUT2D eigenvalue weighted by Crippen LogP contribution is -2.24. The average Bonchev–Trinajstić information content (AvgIpc) is 3.02. The molecule has 0 unspecified atom stereocenters. The van der Waals surface area contributed by atoms with Gasteiger partial charge < -0.3 is 4.74 Å². The van der Waals surface area contributed by atoms with Gasteiger partial charge in [-0.15, -0.1) is 0 Å². The van der Waals surface area contributed by atoms with E-state index in [0.717, 1.165) is 49.1 Å². The smallest absolute Gasteiger partial charge is 0.338 e. The molecule has 0 spiro atoms. The van der Waals surface area contributed by atoms with Crippen LogP contribution in [-0.2, 0) is 11.2 Å². The van der Waals surface area contributed by atoms with Crippen molar-refractivity contribution >= 4 is 18.1 Å². The van der Waals surface area contributed by atoms with Crippen LogP contribution in [0.1, 0.15) is 90.9 Å². The van der Waals surface area contributed by atoms with E-state index in [9.17, 15) is 9.18 Å². The molecule has 2 nitrogen and oxygen atoms in total. The third kappa shape index (κ3) is 7.85. The number of benzene rings is 4. The zero-order valence-electron chi connectivity index (χ0n) is 24.8. The Morgan fingerprint density at radius 3 is 2.17 bits per heavy atom. The van der Waals surface area contributed by atoms with Gasteiger partial charge in [0.1, 0.15) is 11.9 Å². The van der Waals surface area contributed by atoms with Crippen LogP contribution >= 0.6 is 0 Å². The molecule has 0 aromatic heterocycles. The summed E-state index contributed by atoms with van der Waals surface area (Å²) in [6.45, 7) is 4.48. The van der Waals surface area contributed by atoms with Crippen LogP contribution in [0.2, 0.25) is 0 Å². The molecule has 0 saturated heterocycles. The van der Waals surface area contributed by atoms with Gasteiger partial charge in [0.25, 0.3) is 0 Å². The van der Waals surface area contributed by atoms with Crippen LogP contribution in [0.15, 0.2) is 97.1 Å². The van der Waals surface area contributed by atoms with E-state index in [1.165, 1.54) is 35.6 Å². The van der Waals surface area contributed by atoms with E-state index in [1.54, 1.807) is 18.2 Å². The molecule has 3 heteroatoms. The summed E-state index contributed by atoms with van der Waals surface area (Å²) in [7, 11) is 0. The highest BCUT2D eigenvalue weighted by Gasteiger charge is 2.24. The van der Waals surface area contributed by atoms with Gasteiger partial charge in [-0.1, -0.05) is 124 Å². The molecule has 0 bridgehead atoms. The average molecular weight is 561 g/mol. The Morgan fingerprint density at radius 2 is 1.52 bits per heavy atom. The van der Waals surface area contributed by atoms with E-state index < -0.39 is 11.8 Å². The quantitative estimate of drug-likeness (QED) is 0.142. The van der Waals surface area contributed by atoms with Crippen molar-refractivity contribution in [3.05, 3.63) is 131 Å².